The zero-order valence-electron chi connectivity index (χ0n) is 12.0. The first-order valence-corrected chi connectivity index (χ1v) is 7.64. The van der Waals surface area contributed by atoms with E-state index in [0.717, 1.165) is 31.4 Å². The van der Waals surface area contributed by atoms with Crippen molar-refractivity contribution in [1.82, 2.24) is 4.90 Å². The van der Waals surface area contributed by atoms with Crippen molar-refractivity contribution in [2.75, 3.05) is 20.1 Å². The first-order valence-electron chi connectivity index (χ1n) is 7.27. The van der Waals surface area contributed by atoms with E-state index in [4.69, 9.17) is 11.6 Å². The van der Waals surface area contributed by atoms with Crippen molar-refractivity contribution in [1.29, 1.82) is 0 Å². The number of benzene rings is 1. The molecule has 3 heteroatoms. The van der Waals surface area contributed by atoms with Crippen molar-refractivity contribution in [2.24, 2.45) is 5.92 Å². The van der Waals surface area contributed by atoms with Gasteiger partial charge in [-0.1, -0.05) is 48.4 Å². The van der Waals surface area contributed by atoms with Gasteiger partial charge in [0.05, 0.1) is 17.7 Å². The zero-order valence-corrected chi connectivity index (χ0v) is 12.7. The molecule has 1 aromatic carbocycles. The highest BCUT2D eigenvalue weighted by Crippen LogP contribution is 2.24. The summed E-state index contributed by atoms with van der Waals surface area (Å²) in [6.07, 6.45) is 4.34. The molecule has 0 aliphatic heterocycles. The van der Waals surface area contributed by atoms with Gasteiger partial charge in [0.1, 0.15) is 0 Å². The second-order valence-electron chi connectivity index (χ2n) is 5.59. The van der Waals surface area contributed by atoms with Crippen LogP contribution in [0.2, 0.25) is 5.02 Å². The highest BCUT2D eigenvalue weighted by molar-refractivity contribution is 6.31. The molecule has 1 saturated carbocycles. The fourth-order valence-electron chi connectivity index (χ4n) is 2.70. The fraction of sp³-hybridized carbons (Fsp3) is 0.529. The Balaban J connectivity index is 1.83. The van der Waals surface area contributed by atoms with E-state index >= 15 is 0 Å². The van der Waals surface area contributed by atoms with E-state index in [2.05, 4.69) is 23.8 Å². The second kappa shape index (κ2) is 7.69. The van der Waals surface area contributed by atoms with Gasteiger partial charge in [-0.25, -0.2) is 0 Å². The van der Waals surface area contributed by atoms with Crippen LogP contribution in [0.1, 0.15) is 31.2 Å². The van der Waals surface area contributed by atoms with E-state index in [1.54, 1.807) is 0 Å². The maximum Gasteiger partial charge on any atom is 0.0602 e. The average Bonchev–Trinajstić information content (AvgIpc) is 2.43. The van der Waals surface area contributed by atoms with Gasteiger partial charge in [0, 0.05) is 12.1 Å². The van der Waals surface area contributed by atoms with E-state index in [1.807, 2.05) is 24.3 Å². The average molecular weight is 292 g/mol. The van der Waals surface area contributed by atoms with Crippen molar-refractivity contribution in [2.45, 2.75) is 31.8 Å². The van der Waals surface area contributed by atoms with Crippen LogP contribution in [0.4, 0.5) is 0 Å². The third-order valence-electron chi connectivity index (χ3n) is 3.86. The van der Waals surface area contributed by atoms with Gasteiger partial charge in [-0.15, -0.1) is 0 Å². The molecule has 0 spiro atoms. The predicted molar refractivity (Wildman–Crippen MR) is 83.8 cm³/mol. The lowest BCUT2D eigenvalue weighted by Gasteiger charge is -2.30. The Morgan fingerprint density at radius 1 is 1.30 bits per heavy atom. The summed E-state index contributed by atoms with van der Waals surface area (Å²) in [5.41, 5.74) is 0.875. The zero-order chi connectivity index (χ0) is 14.4. The number of aliphatic hydroxyl groups is 1. The molecule has 2 rings (SSSR count). The van der Waals surface area contributed by atoms with Crippen LogP contribution in [-0.4, -0.2) is 36.2 Å². The SMILES string of the molecule is CN(CC#Cc1ccccc1Cl)CC1CCCCC1O. The molecule has 0 aromatic heterocycles. The molecule has 20 heavy (non-hydrogen) atoms. The van der Waals surface area contributed by atoms with Crippen LogP contribution in [0.15, 0.2) is 24.3 Å². The maximum absolute atomic E-state index is 9.98. The van der Waals surface area contributed by atoms with Gasteiger partial charge < -0.3 is 5.11 Å². The maximum atomic E-state index is 9.98. The third-order valence-corrected chi connectivity index (χ3v) is 4.19. The van der Waals surface area contributed by atoms with Crippen LogP contribution in [0.5, 0.6) is 0 Å². The highest BCUT2D eigenvalue weighted by Gasteiger charge is 2.23. The van der Waals surface area contributed by atoms with E-state index in [-0.39, 0.29) is 6.10 Å². The Morgan fingerprint density at radius 2 is 2.05 bits per heavy atom. The summed E-state index contributed by atoms with van der Waals surface area (Å²) in [7, 11) is 2.06. The van der Waals surface area contributed by atoms with Crippen molar-refractivity contribution < 1.29 is 5.11 Å². The molecule has 2 atom stereocenters. The van der Waals surface area contributed by atoms with Gasteiger partial charge in [0.15, 0.2) is 0 Å². The number of nitrogens with zero attached hydrogens (tertiary/aromatic N) is 1. The first-order chi connectivity index (χ1) is 9.66. The second-order valence-corrected chi connectivity index (χ2v) is 6.00. The molecule has 1 N–H and O–H groups in total. The molecule has 1 aliphatic carbocycles. The number of hydrogen-bond acceptors (Lipinski definition) is 2. The lowest BCUT2D eigenvalue weighted by molar-refractivity contribution is 0.0536. The standard InChI is InChI=1S/C17H22ClNO/c1-19(13-15-8-3-5-11-17(15)20)12-6-9-14-7-2-4-10-16(14)18/h2,4,7,10,15,17,20H,3,5,8,11-13H2,1H3. The van der Waals surface area contributed by atoms with Crippen molar-refractivity contribution >= 4 is 11.6 Å². The van der Waals surface area contributed by atoms with Crippen molar-refractivity contribution in [3.8, 4) is 11.8 Å². The topological polar surface area (TPSA) is 23.5 Å². The van der Waals surface area contributed by atoms with Gasteiger partial charge in [-0.2, -0.15) is 0 Å². The van der Waals surface area contributed by atoms with Crippen molar-refractivity contribution in [3.05, 3.63) is 34.9 Å². The molecule has 2 unspecified atom stereocenters. The minimum absolute atomic E-state index is 0.136. The number of halogens is 1. The Labute approximate surface area is 126 Å². The molecule has 1 aliphatic rings. The molecular formula is C17H22ClNO. The van der Waals surface area contributed by atoms with Gasteiger partial charge in [-0.3, -0.25) is 4.90 Å². The third kappa shape index (κ3) is 4.52. The molecule has 1 fully saturated rings. The van der Waals surface area contributed by atoms with Crippen LogP contribution in [0, 0.1) is 17.8 Å². The summed E-state index contributed by atoms with van der Waals surface area (Å²) in [6, 6.07) is 7.63. The van der Waals surface area contributed by atoms with Crippen LogP contribution < -0.4 is 0 Å². The Bertz CT molecular complexity index is 491. The molecular weight excluding hydrogens is 270 g/mol. The minimum Gasteiger partial charge on any atom is -0.393 e. The van der Waals surface area contributed by atoms with Crippen LogP contribution in [-0.2, 0) is 0 Å². The van der Waals surface area contributed by atoms with Gasteiger partial charge in [0.2, 0.25) is 0 Å². The van der Waals surface area contributed by atoms with E-state index in [9.17, 15) is 5.11 Å². The van der Waals surface area contributed by atoms with E-state index < -0.39 is 0 Å². The highest BCUT2D eigenvalue weighted by atomic mass is 35.5. The molecule has 0 radical (unpaired) electrons. The Kier molecular flexibility index (Phi) is 5.91. The van der Waals surface area contributed by atoms with Crippen LogP contribution >= 0.6 is 11.6 Å². The minimum atomic E-state index is -0.136. The van der Waals surface area contributed by atoms with Crippen LogP contribution in [0.25, 0.3) is 0 Å². The monoisotopic (exact) mass is 291 g/mol. The Morgan fingerprint density at radius 3 is 2.80 bits per heavy atom. The van der Waals surface area contributed by atoms with Gasteiger partial charge >= 0.3 is 0 Å². The van der Waals surface area contributed by atoms with Gasteiger partial charge in [-0.05, 0) is 37.9 Å². The normalized spacial score (nSPS) is 22.4. The molecule has 2 nitrogen and oxygen atoms in total. The molecule has 1 aromatic rings. The lowest BCUT2D eigenvalue weighted by atomic mass is 9.86. The molecule has 0 bridgehead atoms. The number of aliphatic hydroxyl groups excluding tert-OH is 1. The Hall–Kier alpha value is -1.01. The molecule has 0 heterocycles. The smallest absolute Gasteiger partial charge is 0.0602 e. The first kappa shape index (κ1) is 15.4. The van der Waals surface area contributed by atoms with Gasteiger partial charge in [0.25, 0.3) is 0 Å². The summed E-state index contributed by atoms with van der Waals surface area (Å²) in [6.45, 7) is 1.62. The van der Waals surface area contributed by atoms with Crippen LogP contribution in [0.3, 0.4) is 0 Å². The summed E-state index contributed by atoms with van der Waals surface area (Å²) in [5, 5.41) is 10.7. The fourth-order valence-corrected chi connectivity index (χ4v) is 2.88. The predicted octanol–water partition coefficient (Wildman–Crippen LogP) is 3.17. The lowest BCUT2D eigenvalue weighted by Crippen LogP contribution is -2.35. The molecule has 108 valence electrons. The van der Waals surface area contributed by atoms with E-state index in [0.29, 0.717) is 17.5 Å². The summed E-state index contributed by atoms with van der Waals surface area (Å²) < 4.78 is 0. The van der Waals surface area contributed by atoms with Crippen molar-refractivity contribution in [3.63, 3.8) is 0 Å². The number of hydrogen-bond donors (Lipinski definition) is 1. The number of rotatable bonds is 3. The summed E-state index contributed by atoms with van der Waals surface area (Å²) in [5.74, 6) is 6.66. The summed E-state index contributed by atoms with van der Waals surface area (Å²) >= 11 is 6.07. The molecule has 0 amide bonds. The quantitative estimate of drug-likeness (QED) is 0.865. The molecule has 0 saturated heterocycles. The summed E-state index contributed by atoms with van der Waals surface area (Å²) in [4.78, 5) is 2.18. The van der Waals surface area contributed by atoms with E-state index in [1.165, 1.54) is 6.42 Å². The largest absolute Gasteiger partial charge is 0.393 e.